The Bertz CT molecular complexity index is 887. The van der Waals surface area contributed by atoms with Gasteiger partial charge in [-0.2, -0.15) is 26.3 Å². The van der Waals surface area contributed by atoms with Crippen molar-refractivity contribution in [3.8, 4) is 0 Å². The zero-order chi connectivity index (χ0) is 22.7. The van der Waals surface area contributed by atoms with Crippen molar-refractivity contribution < 1.29 is 41.0 Å². The number of carbonyl (C=O) groups excluding carboxylic acids is 1. The third kappa shape index (κ3) is 6.50. The van der Waals surface area contributed by atoms with Crippen LogP contribution in [0.15, 0.2) is 42.5 Å². The summed E-state index contributed by atoms with van der Waals surface area (Å²) in [6, 6.07) is 6.20. The summed E-state index contributed by atoms with van der Waals surface area (Å²) in [6.07, 6.45) is -11.0. The Morgan fingerprint density at radius 1 is 0.900 bits per heavy atom. The Morgan fingerprint density at radius 2 is 1.40 bits per heavy atom. The van der Waals surface area contributed by atoms with E-state index >= 15 is 0 Å². The summed E-state index contributed by atoms with van der Waals surface area (Å²) in [5.74, 6) is -2.40. The molecule has 0 heterocycles. The zero-order valence-electron chi connectivity index (χ0n) is 15.6. The molecule has 1 atom stereocenters. The second kappa shape index (κ2) is 8.76. The van der Waals surface area contributed by atoms with E-state index in [0.717, 1.165) is 5.56 Å². The highest BCUT2D eigenvalue weighted by molar-refractivity contribution is 5.85. The van der Waals surface area contributed by atoms with Crippen molar-refractivity contribution in [1.29, 1.82) is 0 Å². The van der Waals surface area contributed by atoms with Gasteiger partial charge < -0.3 is 10.4 Å². The van der Waals surface area contributed by atoms with Gasteiger partial charge in [-0.25, -0.2) is 4.79 Å². The van der Waals surface area contributed by atoms with Crippen LogP contribution in [0, 0.1) is 6.92 Å². The largest absolute Gasteiger partial charge is 0.480 e. The molecule has 0 fully saturated rings. The molecule has 0 radical (unpaired) electrons. The fourth-order valence-electron chi connectivity index (χ4n) is 2.71. The molecule has 1 amide bonds. The first-order valence-electron chi connectivity index (χ1n) is 8.62. The van der Waals surface area contributed by atoms with Crippen LogP contribution in [0.4, 0.5) is 26.3 Å². The molecule has 0 spiro atoms. The van der Waals surface area contributed by atoms with Crippen LogP contribution in [-0.4, -0.2) is 23.0 Å². The lowest BCUT2D eigenvalue weighted by atomic mass is 10.0. The Labute approximate surface area is 167 Å². The second-order valence-corrected chi connectivity index (χ2v) is 6.74. The summed E-state index contributed by atoms with van der Waals surface area (Å²) in [6.45, 7) is 1.82. The van der Waals surface area contributed by atoms with Crippen molar-refractivity contribution in [2.45, 2.75) is 38.2 Å². The molecule has 0 aromatic heterocycles. The van der Waals surface area contributed by atoms with Crippen LogP contribution in [0.25, 0.3) is 0 Å². The molecule has 2 aromatic carbocycles. The predicted molar refractivity (Wildman–Crippen MR) is 94.6 cm³/mol. The Balaban J connectivity index is 2.20. The van der Waals surface area contributed by atoms with Crippen molar-refractivity contribution in [3.63, 3.8) is 0 Å². The van der Waals surface area contributed by atoms with Gasteiger partial charge in [0.1, 0.15) is 6.04 Å². The number of carbonyl (C=O) groups is 2. The number of aliphatic carboxylic acids is 1. The number of rotatable bonds is 6. The van der Waals surface area contributed by atoms with Gasteiger partial charge in [-0.3, -0.25) is 4.79 Å². The number of halogens is 6. The summed E-state index contributed by atoms with van der Waals surface area (Å²) in [5.41, 5.74) is -2.11. The first-order valence-corrected chi connectivity index (χ1v) is 8.62. The van der Waals surface area contributed by atoms with Gasteiger partial charge in [0, 0.05) is 6.42 Å². The lowest BCUT2D eigenvalue weighted by molar-refractivity contribution is -0.143. The first-order chi connectivity index (χ1) is 13.8. The van der Waals surface area contributed by atoms with Crippen LogP contribution in [0.3, 0.4) is 0 Å². The van der Waals surface area contributed by atoms with Crippen LogP contribution in [0.1, 0.15) is 27.8 Å². The summed E-state index contributed by atoms with van der Waals surface area (Å²) in [5, 5.41) is 11.4. The zero-order valence-corrected chi connectivity index (χ0v) is 15.6. The number of aryl methyl sites for hydroxylation is 1. The minimum Gasteiger partial charge on any atom is -0.480 e. The summed E-state index contributed by atoms with van der Waals surface area (Å²) < 4.78 is 77.5. The first kappa shape index (κ1) is 23.2. The van der Waals surface area contributed by atoms with Crippen LogP contribution >= 0.6 is 0 Å². The van der Waals surface area contributed by atoms with Gasteiger partial charge in [-0.1, -0.05) is 29.8 Å². The van der Waals surface area contributed by atoms with Gasteiger partial charge in [0.15, 0.2) is 0 Å². The predicted octanol–water partition coefficient (Wildman–Crippen LogP) is 4.39. The molecule has 2 rings (SSSR count). The summed E-state index contributed by atoms with van der Waals surface area (Å²) >= 11 is 0. The van der Waals surface area contributed by atoms with Crippen molar-refractivity contribution >= 4 is 11.9 Å². The highest BCUT2D eigenvalue weighted by Crippen LogP contribution is 2.36. The Hall–Kier alpha value is -3.04. The van der Waals surface area contributed by atoms with Gasteiger partial charge in [-0.15, -0.1) is 0 Å². The maximum Gasteiger partial charge on any atom is 0.416 e. The molecular formula is C20H17F6NO3. The maximum absolute atomic E-state index is 12.9. The van der Waals surface area contributed by atoms with Crippen LogP contribution in [-0.2, 0) is 34.8 Å². The molecule has 30 heavy (non-hydrogen) atoms. The van der Waals surface area contributed by atoms with E-state index in [1.54, 1.807) is 24.3 Å². The molecule has 10 heteroatoms. The van der Waals surface area contributed by atoms with Crippen molar-refractivity contribution in [1.82, 2.24) is 5.32 Å². The highest BCUT2D eigenvalue weighted by Gasteiger charge is 2.37. The summed E-state index contributed by atoms with van der Waals surface area (Å²) in [4.78, 5) is 23.6. The maximum atomic E-state index is 12.9. The Kier molecular flexibility index (Phi) is 6.79. The van der Waals surface area contributed by atoms with E-state index in [9.17, 15) is 41.0 Å². The number of hydrogen-bond donors (Lipinski definition) is 2. The minimum absolute atomic E-state index is 0.0428. The van der Waals surface area contributed by atoms with E-state index in [2.05, 4.69) is 5.32 Å². The molecule has 0 unspecified atom stereocenters. The van der Waals surface area contributed by atoms with Crippen LogP contribution in [0.2, 0.25) is 0 Å². The number of carboxylic acid groups (broad SMARTS) is 1. The summed E-state index contributed by atoms with van der Waals surface area (Å²) in [7, 11) is 0. The molecule has 0 aliphatic carbocycles. The molecule has 4 nitrogen and oxygen atoms in total. The fourth-order valence-corrected chi connectivity index (χ4v) is 2.71. The van der Waals surface area contributed by atoms with Crippen LogP contribution < -0.4 is 5.32 Å². The average Bonchev–Trinajstić information content (AvgIpc) is 2.61. The van der Waals surface area contributed by atoms with E-state index < -0.39 is 53.4 Å². The molecule has 2 N–H and O–H groups in total. The van der Waals surface area contributed by atoms with E-state index in [4.69, 9.17) is 0 Å². The van der Waals surface area contributed by atoms with E-state index in [1.807, 2.05) is 6.92 Å². The number of carboxylic acids is 1. The molecule has 0 saturated carbocycles. The molecule has 2 aromatic rings. The van der Waals surface area contributed by atoms with E-state index in [0.29, 0.717) is 17.7 Å². The SMILES string of the molecule is Cc1ccc(C[C@@H](NC(=O)Cc2cc(C(F)(F)F)cc(C(F)(F)F)c2)C(=O)O)cc1. The van der Waals surface area contributed by atoms with Gasteiger partial charge in [0.05, 0.1) is 17.5 Å². The average molecular weight is 433 g/mol. The van der Waals surface area contributed by atoms with Gasteiger partial charge >= 0.3 is 18.3 Å². The molecule has 162 valence electrons. The lowest BCUT2D eigenvalue weighted by Gasteiger charge is -2.16. The molecular weight excluding hydrogens is 416 g/mol. The number of nitrogens with one attached hydrogen (secondary N) is 1. The topological polar surface area (TPSA) is 66.4 Å². The number of amides is 1. The van der Waals surface area contributed by atoms with E-state index in [1.165, 1.54) is 0 Å². The second-order valence-electron chi connectivity index (χ2n) is 6.74. The number of hydrogen-bond acceptors (Lipinski definition) is 2. The van der Waals surface area contributed by atoms with Gasteiger partial charge in [0.2, 0.25) is 5.91 Å². The molecule has 0 aliphatic heterocycles. The molecule has 0 saturated heterocycles. The quantitative estimate of drug-likeness (QED) is 0.665. The fraction of sp³-hybridized carbons (Fsp3) is 0.300. The van der Waals surface area contributed by atoms with Crippen molar-refractivity contribution in [2.75, 3.05) is 0 Å². The third-order valence-corrected chi connectivity index (χ3v) is 4.21. The third-order valence-electron chi connectivity index (χ3n) is 4.21. The van der Waals surface area contributed by atoms with Crippen molar-refractivity contribution in [2.24, 2.45) is 0 Å². The van der Waals surface area contributed by atoms with Gasteiger partial charge in [0.25, 0.3) is 0 Å². The standard InChI is InChI=1S/C20H17F6NO3/c1-11-2-4-12(5-3-11)8-16(18(29)30)27-17(28)9-13-6-14(19(21,22)23)10-15(7-13)20(24,25)26/h2-7,10,16H,8-9H2,1H3,(H,27,28)(H,29,30)/t16-/m1/s1. The Morgan fingerprint density at radius 3 is 1.83 bits per heavy atom. The smallest absolute Gasteiger partial charge is 0.416 e. The number of alkyl halides is 6. The monoisotopic (exact) mass is 433 g/mol. The highest BCUT2D eigenvalue weighted by atomic mass is 19.4. The molecule has 0 bridgehead atoms. The van der Waals surface area contributed by atoms with Crippen LogP contribution in [0.5, 0.6) is 0 Å². The van der Waals surface area contributed by atoms with Gasteiger partial charge in [-0.05, 0) is 36.2 Å². The number of benzene rings is 2. The lowest BCUT2D eigenvalue weighted by Crippen LogP contribution is -2.43. The van der Waals surface area contributed by atoms with E-state index in [-0.39, 0.29) is 12.5 Å². The normalized spacial score (nSPS) is 13.0. The van der Waals surface area contributed by atoms with Crippen molar-refractivity contribution in [3.05, 3.63) is 70.3 Å². The molecule has 0 aliphatic rings. The minimum atomic E-state index is -5.04.